The van der Waals surface area contributed by atoms with Gasteiger partial charge in [0.05, 0.1) is 0 Å². The molecule has 0 heterocycles. The minimum Gasteiger partial charge on any atom is -0.411 e. The number of hydrogen-bond acceptors (Lipinski definition) is 4. The van der Waals surface area contributed by atoms with Crippen molar-refractivity contribution in [3.8, 4) is 0 Å². The van der Waals surface area contributed by atoms with Crippen molar-refractivity contribution < 1.29 is 14.8 Å². The number of hydrogen-bond donors (Lipinski definition) is 1. The van der Waals surface area contributed by atoms with Crippen LogP contribution in [0.25, 0.3) is 0 Å². The van der Waals surface area contributed by atoms with Gasteiger partial charge in [0.2, 0.25) is 0 Å². The van der Waals surface area contributed by atoms with E-state index in [0.29, 0.717) is 41.6 Å². The lowest BCUT2D eigenvalue weighted by atomic mass is 9.45. The molecule has 0 bridgehead atoms. The number of oxime groups is 1. The Morgan fingerprint density at radius 3 is 2.57 bits per heavy atom. The lowest BCUT2D eigenvalue weighted by molar-refractivity contribution is -0.143. The summed E-state index contributed by atoms with van der Waals surface area (Å²) < 4.78 is 0. The predicted octanol–water partition coefficient (Wildman–Crippen LogP) is 3.61. The van der Waals surface area contributed by atoms with E-state index in [1.54, 1.807) is 0 Å². The van der Waals surface area contributed by atoms with Gasteiger partial charge in [0.15, 0.2) is 5.78 Å². The Hall–Kier alpha value is -1.19. The number of carbonyl (C=O) groups excluding carboxylic acids is 2. The van der Waals surface area contributed by atoms with Crippen LogP contribution in [-0.4, -0.2) is 22.5 Å². The van der Waals surface area contributed by atoms with Crippen LogP contribution in [0.2, 0.25) is 0 Å². The highest BCUT2D eigenvalue weighted by atomic mass is 16.4. The molecule has 0 aromatic carbocycles. The monoisotopic (exact) mass is 317 g/mol. The smallest absolute Gasteiger partial charge is 0.186 e. The maximum atomic E-state index is 12.6. The molecule has 0 radical (unpaired) electrons. The summed E-state index contributed by atoms with van der Waals surface area (Å²) in [6.07, 6.45) is 7.42. The van der Waals surface area contributed by atoms with Crippen LogP contribution in [0.3, 0.4) is 0 Å². The van der Waals surface area contributed by atoms with Gasteiger partial charge in [-0.3, -0.25) is 9.59 Å². The second-order valence-corrected chi connectivity index (χ2v) is 8.94. The number of carbonyl (C=O) groups is 2. The summed E-state index contributed by atoms with van der Waals surface area (Å²) in [5.41, 5.74) is 0.334. The molecule has 1 N–H and O–H groups in total. The number of nitrogens with zero attached hydrogens (tertiary/aromatic N) is 1. The third kappa shape index (κ3) is 1.93. The van der Waals surface area contributed by atoms with E-state index in [9.17, 15) is 14.8 Å². The summed E-state index contributed by atoms with van der Waals surface area (Å²) in [7, 11) is 0. The largest absolute Gasteiger partial charge is 0.411 e. The van der Waals surface area contributed by atoms with Crippen LogP contribution in [0.15, 0.2) is 5.16 Å². The Kier molecular flexibility index (Phi) is 3.27. The van der Waals surface area contributed by atoms with Gasteiger partial charge < -0.3 is 5.21 Å². The van der Waals surface area contributed by atoms with Crippen molar-refractivity contribution in [2.24, 2.45) is 39.7 Å². The summed E-state index contributed by atoms with van der Waals surface area (Å²) in [6, 6.07) is 0. The number of rotatable bonds is 0. The van der Waals surface area contributed by atoms with Gasteiger partial charge >= 0.3 is 0 Å². The van der Waals surface area contributed by atoms with Crippen LogP contribution in [0, 0.1) is 34.5 Å². The zero-order valence-electron chi connectivity index (χ0n) is 14.2. The lowest BCUT2D eigenvalue weighted by Gasteiger charge is -2.59. The third-order valence-electron chi connectivity index (χ3n) is 8.19. The first kappa shape index (κ1) is 15.3. The van der Waals surface area contributed by atoms with E-state index in [1.807, 2.05) is 0 Å². The second-order valence-electron chi connectivity index (χ2n) is 8.94. The molecule has 6 atom stereocenters. The molecule has 4 aliphatic carbocycles. The van der Waals surface area contributed by atoms with E-state index in [-0.39, 0.29) is 16.6 Å². The first-order valence-electron chi connectivity index (χ1n) is 9.17. The molecule has 4 aliphatic rings. The van der Waals surface area contributed by atoms with Crippen LogP contribution >= 0.6 is 0 Å². The van der Waals surface area contributed by atoms with Gasteiger partial charge in [0, 0.05) is 24.7 Å². The fourth-order valence-corrected chi connectivity index (χ4v) is 6.74. The molecule has 0 unspecified atom stereocenters. The lowest BCUT2D eigenvalue weighted by Crippen LogP contribution is -2.53. The zero-order valence-corrected chi connectivity index (χ0v) is 14.2. The van der Waals surface area contributed by atoms with Crippen LogP contribution in [0.1, 0.15) is 65.2 Å². The van der Waals surface area contributed by atoms with Crippen molar-refractivity contribution in [1.82, 2.24) is 0 Å². The summed E-state index contributed by atoms with van der Waals surface area (Å²) >= 11 is 0. The second kappa shape index (κ2) is 4.90. The minimum absolute atomic E-state index is 0.0783. The molecule has 4 heteroatoms. The van der Waals surface area contributed by atoms with E-state index < -0.39 is 0 Å². The summed E-state index contributed by atoms with van der Waals surface area (Å²) in [4.78, 5) is 24.5. The first-order valence-corrected chi connectivity index (χ1v) is 9.17. The van der Waals surface area contributed by atoms with Gasteiger partial charge in [-0.15, -0.1) is 0 Å². The fourth-order valence-electron chi connectivity index (χ4n) is 6.74. The third-order valence-corrected chi connectivity index (χ3v) is 8.19. The number of Topliss-reactive ketones (excluding diaryl/α,β-unsaturated/α-hetero) is 2. The summed E-state index contributed by atoms with van der Waals surface area (Å²) in [5.74, 6) is 2.56. The van der Waals surface area contributed by atoms with Crippen molar-refractivity contribution in [2.75, 3.05) is 0 Å². The standard InChI is InChI=1S/C19H27NO3/c1-18-7-5-12(21)9-11(18)3-4-13-14(18)6-8-19(2)15(13)10-16(20-23)17(19)22/h11,13-15,23H,3-10H2,1-2H3/b20-16-/t11-,13+,14-,15-,18-,19-/m0/s1. The van der Waals surface area contributed by atoms with Gasteiger partial charge in [-0.2, -0.15) is 0 Å². The molecule has 4 fully saturated rings. The first-order chi connectivity index (χ1) is 10.9. The Balaban J connectivity index is 1.67. The van der Waals surface area contributed by atoms with Crippen LogP contribution in [0.4, 0.5) is 0 Å². The van der Waals surface area contributed by atoms with Gasteiger partial charge in [-0.25, -0.2) is 0 Å². The molecule has 0 aromatic heterocycles. The number of fused-ring (bicyclic) bond motifs is 5. The molecule has 4 nitrogen and oxygen atoms in total. The molecular weight excluding hydrogens is 290 g/mol. The summed E-state index contributed by atoms with van der Waals surface area (Å²) in [5, 5.41) is 12.5. The van der Waals surface area contributed by atoms with Gasteiger partial charge in [0.1, 0.15) is 11.5 Å². The molecule has 0 aromatic rings. The van der Waals surface area contributed by atoms with E-state index in [4.69, 9.17) is 0 Å². The van der Waals surface area contributed by atoms with Crippen molar-refractivity contribution >= 4 is 17.3 Å². The fraction of sp³-hybridized carbons (Fsp3) is 0.842. The van der Waals surface area contributed by atoms with Crippen LogP contribution < -0.4 is 0 Å². The molecule has 4 saturated carbocycles. The molecule has 0 amide bonds. The van der Waals surface area contributed by atoms with E-state index >= 15 is 0 Å². The van der Waals surface area contributed by atoms with Crippen molar-refractivity contribution in [3.05, 3.63) is 0 Å². The molecule has 4 rings (SSSR count). The van der Waals surface area contributed by atoms with E-state index in [1.165, 1.54) is 0 Å². The minimum atomic E-state index is -0.323. The Labute approximate surface area is 137 Å². The average molecular weight is 317 g/mol. The molecule has 0 saturated heterocycles. The maximum Gasteiger partial charge on any atom is 0.186 e. The highest BCUT2D eigenvalue weighted by Crippen LogP contribution is 2.64. The molecule has 126 valence electrons. The quantitative estimate of drug-likeness (QED) is 0.548. The van der Waals surface area contributed by atoms with Crippen molar-refractivity contribution in [3.63, 3.8) is 0 Å². The highest BCUT2D eigenvalue weighted by molar-refractivity contribution is 6.43. The van der Waals surface area contributed by atoms with Crippen LogP contribution in [-0.2, 0) is 9.59 Å². The predicted molar refractivity (Wildman–Crippen MR) is 86.3 cm³/mol. The van der Waals surface area contributed by atoms with Gasteiger partial charge in [-0.1, -0.05) is 19.0 Å². The van der Waals surface area contributed by atoms with Crippen molar-refractivity contribution in [2.45, 2.75) is 65.2 Å². The van der Waals surface area contributed by atoms with Crippen LogP contribution in [0.5, 0.6) is 0 Å². The molecule has 0 aliphatic heterocycles. The molecule has 0 spiro atoms. The van der Waals surface area contributed by atoms with Gasteiger partial charge in [0.25, 0.3) is 0 Å². The molecular formula is C19H27NO3. The molecule has 23 heavy (non-hydrogen) atoms. The normalized spacial score (nSPS) is 51.3. The Morgan fingerprint density at radius 1 is 1.04 bits per heavy atom. The Bertz CT molecular complexity index is 597. The zero-order chi connectivity index (χ0) is 16.4. The number of ketones is 2. The topological polar surface area (TPSA) is 66.7 Å². The van der Waals surface area contributed by atoms with Crippen molar-refractivity contribution in [1.29, 1.82) is 0 Å². The maximum absolute atomic E-state index is 12.6. The van der Waals surface area contributed by atoms with E-state index in [0.717, 1.165) is 44.9 Å². The highest BCUT2D eigenvalue weighted by Gasteiger charge is 2.61. The Morgan fingerprint density at radius 2 is 1.83 bits per heavy atom. The van der Waals surface area contributed by atoms with Gasteiger partial charge in [-0.05, 0) is 61.2 Å². The SMILES string of the molecule is C[C@]12CCC(=O)C[C@@H]1CC[C@@H]1[C@@H]2CC[C@]2(C)C(=O)/C(=N\O)C[C@@H]12. The average Bonchev–Trinajstić information content (AvgIpc) is 2.79. The summed E-state index contributed by atoms with van der Waals surface area (Å²) in [6.45, 7) is 4.49. The van der Waals surface area contributed by atoms with E-state index in [2.05, 4.69) is 19.0 Å².